The Morgan fingerprint density at radius 2 is 1.82 bits per heavy atom. The van der Waals surface area contributed by atoms with Crippen molar-refractivity contribution in [1.29, 1.82) is 0 Å². The number of thiophene rings is 1. The normalized spacial score (nSPS) is 17.8. The minimum atomic E-state index is 0.0658. The van der Waals surface area contributed by atoms with E-state index in [1.54, 1.807) is 23.5 Å². The lowest BCUT2D eigenvalue weighted by Crippen LogP contribution is -2.30. The number of hydrogen-bond acceptors (Lipinski definition) is 5. The Morgan fingerprint density at radius 1 is 1.00 bits per heavy atom. The zero-order valence-electron chi connectivity index (χ0n) is 21.7. The number of carbonyl (C=O) groups is 1. The monoisotopic (exact) mass is 525 g/mol. The van der Waals surface area contributed by atoms with Crippen molar-refractivity contribution < 1.29 is 14.6 Å². The van der Waals surface area contributed by atoms with Crippen molar-refractivity contribution in [2.45, 2.75) is 63.3 Å². The Hall–Kier alpha value is -3.15. The summed E-state index contributed by atoms with van der Waals surface area (Å²) in [5.41, 5.74) is 4.39. The SMILES string of the molecule is O=C(c1ccc(OCCCC2NCCc3ccccc32)cc1)c1c(C2CCCCC2)sc2cc(O)ccc12. The number of carbonyl (C=O) groups excluding carboxylic acids is 1. The summed E-state index contributed by atoms with van der Waals surface area (Å²) >= 11 is 1.68. The number of aromatic hydroxyl groups is 1. The number of phenolic OH excluding ortho intramolecular Hbond substituents is 1. The number of ether oxygens (including phenoxy) is 1. The molecule has 2 N–H and O–H groups in total. The van der Waals surface area contributed by atoms with E-state index in [2.05, 4.69) is 29.6 Å². The second-order valence-electron chi connectivity index (χ2n) is 10.7. The van der Waals surface area contributed by atoms with Gasteiger partial charge in [0.1, 0.15) is 11.5 Å². The molecule has 5 heteroatoms. The fraction of sp³-hybridized carbons (Fsp3) is 0.364. The maximum Gasteiger partial charge on any atom is 0.194 e. The van der Waals surface area contributed by atoms with E-state index < -0.39 is 0 Å². The van der Waals surface area contributed by atoms with Crippen molar-refractivity contribution in [2.24, 2.45) is 0 Å². The molecule has 1 aromatic heterocycles. The second kappa shape index (κ2) is 11.3. The average Bonchev–Trinajstić information content (AvgIpc) is 3.34. The lowest BCUT2D eigenvalue weighted by molar-refractivity contribution is 0.103. The van der Waals surface area contributed by atoms with Gasteiger partial charge in [-0.15, -0.1) is 11.3 Å². The van der Waals surface area contributed by atoms with Gasteiger partial charge in [-0.3, -0.25) is 4.79 Å². The van der Waals surface area contributed by atoms with Gasteiger partial charge in [-0.25, -0.2) is 0 Å². The summed E-state index contributed by atoms with van der Waals surface area (Å²) < 4.78 is 7.04. The highest BCUT2D eigenvalue weighted by Crippen LogP contribution is 2.44. The molecule has 1 aliphatic carbocycles. The number of ketones is 1. The Morgan fingerprint density at radius 3 is 2.66 bits per heavy atom. The molecule has 1 saturated carbocycles. The highest BCUT2D eigenvalue weighted by atomic mass is 32.1. The van der Waals surface area contributed by atoms with Crippen molar-refractivity contribution in [3.63, 3.8) is 0 Å². The van der Waals surface area contributed by atoms with Gasteiger partial charge in [0, 0.05) is 32.1 Å². The van der Waals surface area contributed by atoms with E-state index >= 15 is 0 Å². The molecule has 2 aliphatic rings. The third-order valence-corrected chi connectivity index (χ3v) is 9.46. The first-order chi connectivity index (χ1) is 18.7. The van der Waals surface area contributed by atoms with Gasteiger partial charge in [-0.05, 0) is 98.2 Å². The molecule has 4 nitrogen and oxygen atoms in total. The van der Waals surface area contributed by atoms with Crippen molar-refractivity contribution >= 4 is 27.2 Å². The van der Waals surface area contributed by atoms with Gasteiger partial charge in [0.05, 0.1) is 6.61 Å². The van der Waals surface area contributed by atoms with Gasteiger partial charge in [0.2, 0.25) is 0 Å². The van der Waals surface area contributed by atoms with Gasteiger partial charge in [-0.1, -0.05) is 43.5 Å². The van der Waals surface area contributed by atoms with E-state index in [4.69, 9.17) is 4.74 Å². The molecule has 1 fully saturated rings. The van der Waals surface area contributed by atoms with Crippen LogP contribution < -0.4 is 10.1 Å². The maximum absolute atomic E-state index is 13.8. The number of rotatable bonds is 8. The molecule has 0 bridgehead atoms. The third kappa shape index (κ3) is 5.23. The van der Waals surface area contributed by atoms with Crippen LogP contribution in [-0.4, -0.2) is 24.0 Å². The molecule has 2 heterocycles. The Balaban J connectivity index is 1.13. The van der Waals surface area contributed by atoms with E-state index in [0.29, 0.717) is 24.1 Å². The lowest BCUT2D eigenvalue weighted by atomic mass is 9.85. The average molecular weight is 526 g/mol. The number of nitrogens with one attached hydrogen (secondary N) is 1. The van der Waals surface area contributed by atoms with Crippen LogP contribution in [0.4, 0.5) is 0 Å². The Bertz CT molecular complexity index is 1420. The van der Waals surface area contributed by atoms with Crippen molar-refractivity contribution in [2.75, 3.05) is 13.2 Å². The van der Waals surface area contributed by atoms with Crippen LogP contribution in [0.25, 0.3) is 10.1 Å². The molecule has 1 atom stereocenters. The molecule has 38 heavy (non-hydrogen) atoms. The summed E-state index contributed by atoms with van der Waals surface area (Å²) in [6.07, 6.45) is 9.07. The van der Waals surface area contributed by atoms with Crippen LogP contribution in [-0.2, 0) is 6.42 Å². The maximum atomic E-state index is 13.8. The van der Waals surface area contributed by atoms with E-state index in [9.17, 15) is 9.90 Å². The van der Waals surface area contributed by atoms with E-state index in [1.807, 2.05) is 30.3 Å². The first-order valence-corrected chi connectivity index (χ1v) is 14.8. The lowest BCUT2D eigenvalue weighted by Gasteiger charge is -2.27. The van der Waals surface area contributed by atoms with E-state index in [-0.39, 0.29) is 11.5 Å². The summed E-state index contributed by atoms with van der Waals surface area (Å²) in [7, 11) is 0. The number of hydrogen-bond donors (Lipinski definition) is 2. The number of fused-ring (bicyclic) bond motifs is 2. The zero-order valence-corrected chi connectivity index (χ0v) is 22.6. The summed E-state index contributed by atoms with van der Waals surface area (Å²) in [5.74, 6) is 1.54. The van der Waals surface area contributed by atoms with Crippen LogP contribution in [0.2, 0.25) is 0 Å². The van der Waals surface area contributed by atoms with Gasteiger partial charge < -0.3 is 15.2 Å². The van der Waals surface area contributed by atoms with Gasteiger partial charge in [0.15, 0.2) is 5.78 Å². The fourth-order valence-corrected chi connectivity index (χ4v) is 7.57. The molecular formula is C33H35NO3S. The van der Waals surface area contributed by atoms with Gasteiger partial charge in [0.25, 0.3) is 0 Å². The van der Waals surface area contributed by atoms with E-state index in [0.717, 1.165) is 60.0 Å². The zero-order chi connectivity index (χ0) is 25.9. The molecule has 196 valence electrons. The van der Waals surface area contributed by atoms with Crippen LogP contribution >= 0.6 is 11.3 Å². The third-order valence-electron chi connectivity index (χ3n) is 8.14. The highest BCUT2D eigenvalue weighted by Gasteiger charge is 2.27. The quantitative estimate of drug-likeness (QED) is 0.181. The fourth-order valence-electron chi connectivity index (χ4n) is 6.17. The van der Waals surface area contributed by atoms with Crippen LogP contribution in [0, 0.1) is 0 Å². The summed E-state index contributed by atoms with van der Waals surface area (Å²) in [6.45, 7) is 1.68. The van der Waals surface area contributed by atoms with Crippen LogP contribution in [0.15, 0.2) is 66.7 Å². The van der Waals surface area contributed by atoms with Crippen LogP contribution in [0.1, 0.15) is 88.8 Å². The smallest absolute Gasteiger partial charge is 0.194 e. The molecule has 0 spiro atoms. The molecule has 0 saturated heterocycles. The molecule has 1 aliphatic heterocycles. The van der Waals surface area contributed by atoms with Gasteiger partial charge >= 0.3 is 0 Å². The predicted octanol–water partition coefficient (Wildman–Crippen LogP) is 7.93. The minimum Gasteiger partial charge on any atom is -0.508 e. The standard InChI is InChI=1S/C33H35NO3S/c35-25-14-17-28-30(21-25)38-33(24-8-2-1-3-9-24)31(28)32(36)23-12-15-26(16-13-23)37-20-6-11-29-27-10-5-4-7-22(27)18-19-34-29/h4-5,7,10,12-17,21,24,29,34-35H,1-3,6,8-9,11,18-20H2. The largest absolute Gasteiger partial charge is 0.508 e. The molecule has 0 amide bonds. The Kier molecular flexibility index (Phi) is 7.48. The highest BCUT2D eigenvalue weighted by molar-refractivity contribution is 7.19. The predicted molar refractivity (Wildman–Crippen MR) is 155 cm³/mol. The topological polar surface area (TPSA) is 58.6 Å². The second-order valence-corrected chi connectivity index (χ2v) is 11.7. The summed E-state index contributed by atoms with van der Waals surface area (Å²) in [4.78, 5) is 15.0. The number of benzene rings is 3. The molecule has 3 aromatic carbocycles. The van der Waals surface area contributed by atoms with Crippen molar-refractivity contribution in [3.05, 3.63) is 93.9 Å². The summed E-state index contributed by atoms with van der Waals surface area (Å²) in [6, 6.07) is 22.1. The van der Waals surface area contributed by atoms with Crippen LogP contribution in [0.3, 0.4) is 0 Å². The van der Waals surface area contributed by atoms with Crippen LogP contribution in [0.5, 0.6) is 11.5 Å². The summed E-state index contributed by atoms with van der Waals surface area (Å²) in [5, 5.41) is 14.6. The van der Waals surface area contributed by atoms with Crippen molar-refractivity contribution in [3.8, 4) is 11.5 Å². The first-order valence-electron chi connectivity index (χ1n) is 14.0. The minimum absolute atomic E-state index is 0.0658. The Labute approximate surface area is 228 Å². The molecule has 4 aromatic rings. The molecular weight excluding hydrogens is 490 g/mol. The first kappa shape index (κ1) is 25.1. The molecule has 6 rings (SSSR count). The number of phenols is 1. The van der Waals surface area contributed by atoms with E-state index in [1.165, 1.54) is 35.3 Å². The molecule has 0 radical (unpaired) electrons. The van der Waals surface area contributed by atoms with Crippen molar-refractivity contribution in [1.82, 2.24) is 5.32 Å². The van der Waals surface area contributed by atoms with Gasteiger partial charge in [-0.2, -0.15) is 0 Å². The molecule has 1 unspecified atom stereocenters.